The summed E-state index contributed by atoms with van der Waals surface area (Å²) in [6.07, 6.45) is 7.42. The molecule has 0 N–H and O–H groups in total. The van der Waals surface area contributed by atoms with Gasteiger partial charge in [0.2, 0.25) is 0 Å². The van der Waals surface area contributed by atoms with Gasteiger partial charge < -0.3 is 0 Å². The van der Waals surface area contributed by atoms with E-state index in [1.54, 1.807) is 16.7 Å². The highest BCUT2D eigenvalue weighted by Gasteiger charge is 2.29. The van der Waals surface area contributed by atoms with Crippen molar-refractivity contribution < 1.29 is 0 Å². The van der Waals surface area contributed by atoms with Gasteiger partial charge in [-0.1, -0.05) is 77.7 Å². The molecule has 0 radical (unpaired) electrons. The fourth-order valence-electron chi connectivity index (χ4n) is 2.76. The van der Waals surface area contributed by atoms with E-state index in [4.69, 9.17) is 0 Å². The van der Waals surface area contributed by atoms with Crippen molar-refractivity contribution in [3.05, 3.63) is 22.8 Å². The minimum absolute atomic E-state index is 0.315. The number of hydrogen-bond acceptors (Lipinski definition) is 0. The molecular weight excluding hydrogens is 204 g/mol. The Labute approximate surface area is 108 Å². The van der Waals surface area contributed by atoms with Gasteiger partial charge in [-0.2, -0.15) is 0 Å². The van der Waals surface area contributed by atoms with Gasteiger partial charge in [-0.05, 0) is 30.1 Å². The largest absolute Gasteiger partial charge is 0.0809 e. The lowest BCUT2D eigenvalue weighted by Gasteiger charge is -2.36. The molecule has 17 heavy (non-hydrogen) atoms. The lowest BCUT2D eigenvalue weighted by Crippen LogP contribution is -2.22. The SMILES string of the molecule is CCCC1=CCC(C(C)(C)C)=C(C(C)(C)C)C1. The van der Waals surface area contributed by atoms with Crippen LogP contribution in [0, 0.1) is 10.8 Å². The normalized spacial score (nSPS) is 18.4. The zero-order chi connectivity index (χ0) is 13.3. The molecule has 0 aromatic rings. The van der Waals surface area contributed by atoms with Crippen molar-refractivity contribution >= 4 is 0 Å². The molecule has 1 aliphatic carbocycles. The molecule has 0 amide bonds. The Hall–Kier alpha value is -0.520. The fraction of sp³-hybridized carbons (Fsp3) is 0.765. The van der Waals surface area contributed by atoms with Crippen LogP contribution in [0.1, 0.15) is 74.1 Å². The van der Waals surface area contributed by atoms with Crippen LogP contribution in [0.5, 0.6) is 0 Å². The van der Waals surface area contributed by atoms with E-state index in [0.29, 0.717) is 10.8 Å². The summed E-state index contributed by atoms with van der Waals surface area (Å²) >= 11 is 0. The van der Waals surface area contributed by atoms with Crippen LogP contribution < -0.4 is 0 Å². The van der Waals surface area contributed by atoms with Crippen molar-refractivity contribution in [3.63, 3.8) is 0 Å². The molecule has 0 heterocycles. The zero-order valence-corrected chi connectivity index (χ0v) is 12.9. The molecule has 0 fully saturated rings. The third kappa shape index (κ3) is 3.72. The van der Waals surface area contributed by atoms with Gasteiger partial charge in [-0.15, -0.1) is 0 Å². The molecule has 98 valence electrons. The molecule has 0 bridgehead atoms. The first-order chi connectivity index (χ1) is 7.66. The maximum absolute atomic E-state index is 2.49. The summed E-state index contributed by atoms with van der Waals surface area (Å²) in [4.78, 5) is 0. The smallest absolute Gasteiger partial charge is 0.0100 e. The third-order valence-electron chi connectivity index (χ3n) is 3.74. The average Bonchev–Trinajstić information content (AvgIpc) is 2.15. The topological polar surface area (TPSA) is 0 Å². The van der Waals surface area contributed by atoms with E-state index < -0.39 is 0 Å². The minimum atomic E-state index is 0.315. The van der Waals surface area contributed by atoms with E-state index in [2.05, 4.69) is 54.5 Å². The molecule has 0 saturated heterocycles. The van der Waals surface area contributed by atoms with Crippen molar-refractivity contribution in [3.8, 4) is 0 Å². The minimum Gasteiger partial charge on any atom is -0.0809 e. The molecule has 0 saturated carbocycles. The summed E-state index contributed by atoms with van der Waals surface area (Å²) < 4.78 is 0. The number of allylic oxidation sites excluding steroid dienone is 4. The highest BCUT2D eigenvalue weighted by Crippen LogP contribution is 2.44. The summed E-state index contributed by atoms with van der Waals surface area (Å²) in [6, 6.07) is 0. The Balaban J connectivity index is 3.06. The third-order valence-corrected chi connectivity index (χ3v) is 3.74. The molecule has 0 unspecified atom stereocenters. The van der Waals surface area contributed by atoms with E-state index in [0.717, 1.165) is 0 Å². The first kappa shape index (κ1) is 14.5. The molecular formula is C17H30. The Morgan fingerprint density at radius 3 is 1.88 bits per heavy atom. The molecule has 0 heteroatoms. The molecule has 0 aromatic carbocycles. The van der Waals surface area contributed by atoms with Crippen LogP contribution in [0.2, 0.25) is 0 Å². The summed E-state index contributed by atoms with van der Waals surface area (Å²) in [7, 11) is 0. The van der Waals surface area contributed by atoms with Crippen LogP contribution >= 0.6 is 0 Å². The van der Waals surface area contributed by atoms with Gasteiger partial charge in [0.25, 0.3) is 0 Å². The van der Waals surface area contributed by atoms with Crippen LogP contribution in [-0.2, 0) is 0 Å². The van der Waals surface area contributed by atoms with Crippen molar-refractivity contribution in [1.82, 2.24) is 0 Å². The van der Waals surface area contributed by atoms with Gasteiger partial charge in [0, 0.05) is 0 Å². The molecule has 0 atom stereocenters. The molecule has 0 nitrogen and oxygen atoms in total. The van der Waals surface area contributed by atoms with Crippen LogP contribution in [0.25, 0.3) is 0 Å². The van der Waals surface area contributed by atoms with Gasteiger partial charge in [0.15, 0.2) is 0 Å². The Bertz CT molecular complexity index is 326. The number of rotatable bonds is 2. The van der Waals surface area contributed by atoms with Gasteiger partial charge in [0.1, 0.15) is 0 Å². The molecule has 1 rings (SSSR count). The standard InChI is InChI=1S/C17H30/c1-8-9-13-10-11-14(16(2,3)4)15(12-13)17(5,6)7/h10H,8-9,11-12H2,1-7H3. The molecule has 0 aliphatic heterocycles. The monoisotopic (exact) mass is 234 g/mol. The first-order valence-electron chi connectivity index (χ1n) is 7.07. The molecule has 0 spiro atoms. The highest BCUT2D eigenvalue weighted by atomic mass is 14.3. The van der Waals surface area contributed by atoms with E-state index in [-0.39, 0.29) is 0 Å². The van der Waals surface area contributed by atoms with Crippen LogP contribution in [0.15, 0.2) is 22.8 Å². The summed E-state index contributed by atoms with van der Waals surface area (Å²) in [5.41, 5.74) is 5.65. The van der Waals surface area contributed by atoms with Crippen molar-refractivity contribution in [1.29, 1.82) is 0 Å². The average molecular weight is 234 g/mol. The molecule has 1 aliphatic rings. The predicted molar refractivity (Wildman–Crippen MR) is 78.2 cm³/mol. The fourth-order valence-corrected chi connectivity index (χ4v) is 2.76. The summed E-state index contributed by atoms with van der Waals surface area (Å²) in [5, 5.41) is 0. The van der Waals surface area contributed by atoms with E-state index in [1.807, 2.05) is 0 Å². The molecule has 0 aromatic heterocycles. The van der Waals surface area contributed by atoms with Crippen molar-refractivity contribution in [2.75, 3.05) is 0 Å². The van der Waals surface area contributed by atoms with E-state index in [1.165, 1.54) is 25.7 Å². The van der Waals surface area contributed by atoms with Gasteiger partial charge in [-0.3, -0.25) is 0 Å². The number of hydrogen-bond donors (Lipinski definition) is 0. The zero-order valence-electron chi connectivity index (χ0n) is 12.9. The lowest BCUT2D eigenvalue weighted by atomic mass is 9.69. The Kier molecular flexibility index (Phi) is 4.28. The Morgan fingerprint density at radius 1 is 0.941 bits per heavy atom. The van der Waals surface area contributed by atoms with Crippen molar-refractivity contribution in [2.45, 2.75) is 74.1 Å². The lowest BCUT2D eigenvalue weighted by molar-refractivity contribution is 0.423. The van der Waals surface area contributed by atoms with Crippen molar-refractivity contribution in [2.24, 2.45) is 10.8 Å². The maximum atomic E-state index is 2.49. The summed E-state index contributed by atoms with van der Waals surface area (Å²) in [6.45, 7) is 16.4. The van der Waals surface area contributed by atoms with Crippen LogP contribution in [0.3, 0.4) is 0 Å². The second kappa shape index (κ2) is 5.00. The van der Waals surface area contributed by atoms with Crippen LogP contribution in [-0.4, -0.2) is 0 Å². The van der Waals surface area contributed by atoms with Gasteiger partial charge in [-0.25, -0.2) is 0 Å². The highest BCUT2D eigenvalue weighted by molar-refractivity contribution is 5.35. The van der Waals surface area contributed by atoms with E-state index >= 15 is 0 Å². The van der Waals surface area contributed by atoms with Crippen LogP contribution in [0.4, 0.5) is 0 Å². The second-order valence-electron chi connectivity index (χ2n) is 7.45. The maximum Gasteiger partial charge on any atom is -0.0100 e. The van der Waals surface area contributed by atoms with E-state index in [9.17, 15) is 0 Å². The Morgan fingerprint density at radius 2 is 1.47 bits per heavy atom. The summed E-state index contributed by atoms with van der Waals surface area (Å²) in [5.74, 6) is 0. The predicted octanol–water partition coefficient (Wildman–Crippen LogP) is 5.90. The first-order valence-corrected chi connectivity index (χ1v) is 7.07. The van der Waals surface area contributed by atoms with Gasteiger partial charge >= 0.3 is 0 Å². The van der Waals surface area contributed by atoms with Gasteiger partial charge in [0.05, 0.1) is 0 Å². The quantitative estimate of drug-likeness (QED) is 0.522. The second-order valence-corrected chi connectivity index (χ2v) is 7.45.